The van der Waals surface area contributed by atoms with Crippen molar-refractivity contribution in [3.63, 3.8) is 0 Å². The van der Waals surface area contributed by atoms with Crippen molar-refractivity contribution < 1.29 is 14.7 Å². The largest absolute Gasteiger partial charge is 0.481 e. The SMILES string of the molecule is CCC(CNC(=O)Nc1cnn(CC)c1)CC(=O)O. The first-order valence-electron chi connectivity index (χ1n) is 6.34. The number of hydrogen-bond donors (Lipinski definition) is 3. The van der Waals surface area contributed by atoms with Gasteiger partial charge in [-0.25, -0.2) is 4.79 Å². The lowest BCUT2D eigenvalue weighted by atomic mass is 10.0. The number of nitrogens with zero attached hydrogens (tertiary/aromatic N) is 2. The van der Waals surface area contributed by atoms with E-state index in [1.54, 1.807) is 17.1 Å². The summed E-state index contributed by atoms with van der Waals surface area (Å²) in [5, 5.41) is 18.1. The smallest absolute Gasteiger partial charge is 0.319 e. The minimum atomic E-state index is -0.849. The number of carboxylic acids is 1. The Morgan fingerprint density at radius 2 is 2.21 bits per heavy atom. The third-order valence-corrected chi connectivity index (χ3v) is 2.81. The Labute approximate surface area is 112 Å². The number of nitrogens with one attached hydrogen (secondary N) is 2. The number of aliphatic carboxylic acids is 1. The van der Waals surface area contributed by atoms with Gasteiger partial charge in [-0.15, -0.1) is 0 Å². The average Bonchev–Trinajstić information content (AvgIpc) is 2.81. The fraction of sp³-hybridized carbons (Fsp3) is 0.583. The van der Waals surface area contributed by atoms with Crippen molar-refractivity contribution in [1.29, 1.82) is 0 Å². The molecule has 0 aliphatic carbocycles. The molecular weight excluding hydrogens is 248 g/mol. The summed E-state index contributed by atoms with van der Waals surface area (Å²) in [4.78, 5) is 22.2. The molecule has 0 fully saturated rings. The first-order chi connectivity index (χ1) is 9.05. The van der Waals surface area contributed by atoms with Crippen LogP contribution in [0.4, 0.5) is 10.5 Å². The molecule has 0 saturated carbocycles. The summed E-state index contributed by atoms with van der Waals surface area (Å²) in [6.45, 7) is 4.93. The highest BCUT2D eigenvalue weighted by Crippen LogP contribution is 2.07. The van der Waals surface area contributed by atoms with Crippen LogP contribution in [0.1, 0.15) is 26.7 Å². The van der Waals surface area contributed by atoms with Crippen LogP contribution in [0.5, 0.6) is 0 Å². The second-order valence-electron chi connectivity index (χ2n) is 4.29. The van der Waals surface area contributed by atoms with Gasteiger partial charge in [-0.2, -0.15) is 5.10 Å². The van der Waals surface area contributed by atoms with Gasteiger partial charge in [0.1, 0.15) is 0 Å². The van der Waals surface area contributed by atoms with Gasteiger partial charge < -0.3 is 15.7 Å². The monoisotopic (exact) mass is 268 g/mol. The zero-order chi connectivity index (χ0) is 14.3. The van der Waals surface area contributed by atoms with E-state index in [0.29, 0.717) is 18.7 Å². The third-order valence-electron chi connectivity index (χ3n) is 2.81. The maximum absolute atomic E-state index is 11.6. The third kappa shape index (κ3) is 5.41. The van der Waals surface area contributed by atoms with E-state index in [9.17, 15) is 9.59 Å². The zero-order valence-corrected chi connectivity index (χ0v) is 11.2. The number of aromatic nitrogens is 2. The molecule has 0 radical (unpaired) electrons. The number of anilines is 1. The van der Waals surface area contributed by atoms with E-state index in [1.807, 2.05) is 13.8 Å². The summed E-state index contributed by atoms with van der Waals surface area (Å²) in [6.07, 6.45) is 4.07. The minimum absolute atomic E-state index is 0.0541. The van der Waals surface area contributed by atoms with Crippen LogP contribution < -0.4 is 10.6 Å². The highest BCUT2D eigenvalue weighted by molar-refractivity contribution is 5.88. The van der Waals surface area contributed by atoms with Crippen LogP contribution in [-0.4, -0.2) is 33.4 Å². The van der Waals surface area contributed by atoms with Crippen molar-refractivity contribution in [3.8, 4) is 0 Å². The quantitative estimate of drug-likeness (QED) is 0.698. The van der Waals surface area contributed by atoms with Gasteiger partial charge in [0.15, 0.2) is 0 Å². The lowest BCUT2D eigenvalue weighted by Gasteiger charge is -2.13. The van der Waals surface area contributed by atoms with Gasteiger partial charge in [0.2, 0.25) is 0 Å². The van der Waals surface area contributed by atoms with Crippen molar-refractivity contribution in [3.05, 3.63) is 12.4 Å². The zero-order valence-electron chi connectivity index (χ0n) is 11.2. The topological polar surface area (TPSA) is 96.3 Å². The molecule has 1 heterocycles. The number of carbonyl (C=O) groups excluding carboxylic acids is 1. The number of carboxylic acid groups (broad SMARTS) is 1. The number of carbonyl (C=O) groups is 2. The lowest BCUT2D eigenvalue weighted by molar-refractivity contribution is -0.138. The van der Waals surface area contributed by atoms with Gasteiger partial charge in [0.25, 0.3) is 0 Å². The van der Waals surface area contributed by atoms with E-state index in [0.717, 1.165) is 6.54 Å². The molecule has 0 bridgehead atoms. The maximum Gasteiger partial charge on any atom is 0.319 e. The molecule has 1 aromatic heterocycles. The second kappa shape index (κ2) is 7.40. The van der Waals surface area contributed by atoms with Crippen molar-refractivity contribution in [1.82, 2.24) is 15.1 Å². The molecule has 1 aromatic rings. The van der Waals surface area contributed by atoms with Crippen molar-refractivity contribution in [2.45, 2.75) is 33.2 Å². The highest BCUT2D eigenvalue weighted by Gasteiger charge is 2.12. The van der Waals surface area contributed by atoms with Gasteiger partial charge in [-0.1, -0.05) is 13.3 Å². The molecule has 0 saturated heterocycles. The molecule has 106 valence electrons. The predicted octanol–water partition coefficient (Wildman–Crippen LogP) is 1.53. The molecule has 19 heavy (non-hydrogen) atoms. The first-order valence-corrected chi connectivity index (χ1v) is 6.34. The number of hydrogen-bond acceptors (Lipinski definition) is 3. The minimum Gasteiger partial charge on any atom is -0.481 e. The molecule has 0 aromatic carbocycles. The molecular formula is C12H20N4O3. The Bertz CT molecular complexity index is 430. The Hall–Kier alpha value is -2.05. The molecule has 0 spiro atoms. The van der Waals surface area contributed by atoms with Crippen LogP contribution in [0.3, 0.4) is 0 Å². The highest BCUT2D eigenvalue weighted by atomic mass is 16.4. The molecule has 7 heteroatoms. The molecule has 1 atom stereocenters. The number of aryl methyl sites for hydroxylation is 1. The molecule has 2 amide bonds. The van der Waals surface area contributed by atoms with E-state index in [2.05, 4.69) is 15.7 Å². The summed E-state index contributed by atoms with van der Waals surface area (Å²) in [6, 6.07) is -0.348. The van der Waals surface area contributed by atoms with E-state index in [1.165, 1.54) is 0 Å². The molecule has 1 rings (SSSR count). The van der Waals surface area contributed by atoms with Crippen molar-refractivity contribution >= 4 is 17.7 Å². The molecule has 7 nitrogen and oxygen atoms in total. The van der Waals surface area contributed by atoms with Crippen LogP contribution in [0.15, 0.2) is 12.4 Å². The standard InChI is InChI=1S/C12H20N4O3/c1-3-9(5-11(17)18)6-13-12(19)15-10-7-14-16(4-2)8-10/h7-9H,3-6H2,1-2H3,(H,17,18)(H2,13,15,19). The van der Waals surface area contributed by atoms with Gasteiger partial charge in [-0.05, 0) is 12.8 Å². The first kappa shape index (κ1) is 15.0. The van der Waals surface area contributed by atoms with Crippen LogP contribution in [0.25, 0.3) is 0 Å². The summed E-state index contributed by atoms with van der Waals surface area (Å²) in [7, 11) is 0. The van der Waals surface area contributed by atoms with Gasteiger partial charge in [0, 0.05) is 25.7 Å². The Balaban J connectivity index is 2.36. The number of urea groups is 1. The number of amides is 2. The summed E-state index contributed by atoms with van der Waals surface area (Å²) >= 11 is 0. The second-order valence-corrected chi connectivity index (χ2v) is 4.29. The summed E-state index contributed by atoms with van der Waals surface area (Å²) in [5.41, 5.74) is 0.616. The molecule has 0 aliphatic rings. The predicted molar refractivity (Wildman–Crippen MR) is 71.0 cm³/mol. The van der Waals surface area contributed by atoms with Crippen molar-refractivity contribution in [2.75, 3.05) is 11.9 Å². The van der Waals surface area contributed by atoms with Crippen molar-refractivity contribution in [2.24, 2.45) is 5.92 Å². The summed E-state index contributed by atoms with van der Waals surface area (Å²) in [5.74, 6) is -0.903. The summed E-state index contributed by atoms with van der Waals surface area (Å²) < 4.78 is 1.70. The average molecular weight is 268 g/mol. The molecule has 3 N–H and O–H groups in total. The maximum atomic E-state index is 11.6. The van der Waals surface area contributed by atoms with Gasteiger partial charge >= 0.3 is 12.0 Å². The van der Waals surface area contributed by atoms with E-state index in [4.69, 9.17) is 5.11 Å². The van der Waals surface area contributed by atoms with Crippen LogP contribution in [0, 0.1) is 5.92 Å². The van der Waals surface area contributed by atoms with Crippen LogP contribution >= 0.6 is 0 Å². The lowest BCUT2D eigenvalue weighted by Crippen LogP contribution is -2.33. The normalized spacial score (nSPS) is 11.9. The van der Waals surface area contributed by atoms with Crippen LogP contribution in [0.2, 0.25) is 0 Å². The van der Waals surface area contributed by atoms with E-state index >= 15 is 0 Å². The Morgan fingerprint density at radius 3 is 2.74 bits per heavy atom. The van der Waals surface area contributed by atoms with E-state index in [-0.39, 0.29) is 18.4 Å². The molecule has 1 unspecified atom stereocenters. The fourth-order valence-electron chi connectivity index (χ4n) is 1.62. The number of rotatable bonds is 7. The van der Waals surface area contributed by atoms with E-state index < -0.39 is 5.97 Å². The fourth-order valence-corrected chi connectivity index (χ4v) is 1.62. The molecule has 0 aliphatic heterocycles. The van der Waals surface area contributed by atoms with Gasteiger partial charge in [0.05, 0.1) is 11.9 Å². The Morgan fingerprint density at radius 1 is 1.47 bits per heavy atom. The van der Waals surface area contributed by atoms with Gasteiger partial charge in [-0.3, -0.25) is 9.48 Å². The Kier molecular flexibility index (Phi) is 5.84. The van der Waals surface area contributed by atoms with Crippen LogP contribution in [-0.2, 0) is 11.3 Å².